The molecule has 1 aromatic carbocycles. The van der Waals surface area contributed by atoms with Gasteiger partial charge in [-0.25, -0.2) is 8.42 Å². The Labute approximate surface area is 193 Å². The minimum absolute atomic E-state index is 0.0266. The predicted octanol–water partition coefficient (Wildman–Crippen LogP) is 3.66. The van der Waals surface area contributed by atoms with Crippen molar-refractivity contribution in [3.63, 3.8) is 0 Å². The van der Waals surface area contributed by atoms with E-state index < -0.39 is 10.0 Å². The molecule has 0 aliphatic carbocycles. The van der Waals surface area contributed by atoms with Crippen LogP contribution in [-0.4, -0.2) is 55.6 Å². The number of carbonyl (C=O) groups is 2. The van der Waals surface area contributed by atoms with E-state index in [1.165, 1.54) is 11.3 Å². The number of carbonyl (C=O) groups excluding carboxylic acids is 2. The van der Waals surface area contributed by atoms with Crippen molar-refractivity contribution in [2.75, 3.05) is 31.5 Å². The first-order valence-corrected chi connectivity index (χ1v) is 13.4. The van der Waals surface area contributed by atoms with Crippen LogP contribution in [-0.2, 0) is 14.8 Å². The molecule has 1 unspecified atom stereocenters. The largest absolute Gasteiger partial charge is 0.338 e. The fraction of sp³-hybridized carbons (Fsp3) is 0.478. The van der Waals surface area contributed by atoms with Gasteiger partial charge < -0.3 is 10.2 Å². The number of amides is 2. The summed E-state index contributed by atoms with van der Waals surface area (Å²) in [7, 11) is -3.51. The number of rotatable bonds is 5. The number of piperidine rings is 2. The zero-order valence-electron chi connectivity index (χ0n) is 18.2. The van der Waals surface area contributed by atoms with Gasteiger partial charge in [0.25, 0.3) is 5.91 Å². The van der Waals surface area contributed by atoms with Crippen molar-refractivity contribution in [1.82, 2.24) is 9.21 Å². The Bertz CT molecular complexity index is 1040. The fourth-order valence-electron chi connectivity index (χ4n) is 4.37. The highest BCUT2D eigenvalue weighted by molar-refractivity contribution is 7.89. The second kappa shape index (κ2) is 9.72. The number of anilines is 1. The van der Waals surface area contributed by atoms with Crippen LogP contribution in [0.15, 0.2) is 46.7 Å². The summed E-state index contributed by atoms with van der Waals surface area (Å²) in [5.74, 6) is 0.136. The van der Waals surface area contributed by atoms with Crippen LogP contribution in [0.5, 0.6) is 0 Å². The summed E-state index contributed by atoms with van der Waals surface area (Å²) in [4.78, 5) is 27.9. The second-order valence-corrected chi connectivity index (χ2v) is 11.6. The molecular weight excluding hydrogens is 446 g/mol. The highest BCUT2D eigenvalue weighted by Gasteiger charge is 2.30. The van der Waals surface area contributed by atoms with Crippen molar-refractivity contribution in [3.05, 3.63) is 46.7 Å². The van der Waals surface area contributed by atoms with Gasteiger partial charge in [-0.2, -0.15) is 4.31 Å². The maximum atomic E-state index is 12.9. The summed E-state index contributed by atoms with van der Waals surface area (Å²) < 4.78 is 27.3. The van der Waals surface area contributed by atoms with E-state index in [1.54, 1.807) is 33.5 Å². The van der Waals surface area contributed by atoms with Crippen molar-refractivity contribution in [2.24, 2.45) is 11.8 Å². The fourth-order valence-corrected chi connectivity index (χ4v) is 6.66. The topological polar surface area (TPSA) is 86.8 Å². The maximum absolute atomic E-state index is 12.9. The van der Waals surface area contributed by atoms with Gasteiger partial charge >= 0.3 is 0 Å². The zero-order chi connectivity index (χ0) is 22.7. The third-order valence-electron chi connectivity index (χ3n) is 6.26. The minimum atomic E-state index is -3.51. The third-order valence-corrected chi connectivity index (χ3v) is 9.00. The van der Waals surface area contributed by atoms with Crippen molar-refractivity contribution in [2.45, 2.75) is 37.5 Å². The van der Waals surface area contributed by atoms with Crippen LogP contribution in [0.3, 0.4) is 0 Å². The molecule has 1 N–H and O–H groups in total. The molecule has 2 aromatic rings. The van der Waals surface area contributed by atoms with Gasteiger partial charge in [-0.15, -0.1) is 11.3 Å². The number of hydrogen-bond donors (Lipinski definition) is 1. The molecular formula is C23H29N3O4S2. The van der Waals surface area contributed by atoms with Crippen LogP contribution in [0.4, 0.5) is 5.69 Å². The average molecular weight is 476 g/mol. The number of hydrogen-bond acceptors (Lipinski definition) is 5. The lowest BCUT2D eigenvalue weighted by Gasteiger charge is -2.31. The number of benzene rings is 1. The Hall–Kier alpha value is -2.23. The van der Waals surface area contributed by atoms with Crippen LogP contribution in [0.1, 0.15) is 42.3 Å². The summed E-state index contributed by atoms with van der Waals surface area (Å²) in [5.41, 5.74) is 0.582. The summed E-state index contributed by atoms with van der Waals surface area (Å²) in [6, 6.07) is 10.1. The summed E-state index contributed by atoms with van der Waals surface area (Å²) in [6.07, 6.45) is 3.16. The first-order valence-electron chi connectivity index (χ1n) is 11.1. The summed E-state index contributed by atoms with van der Waals surface area (Å²) >= 11 is 1.43. The molecule has 2 amide bonds. The van der Waals surface area contributed by atoms with Crippen molar-refractivity contribution < 1.29 is 18.0 Å². The number of nitrogens with zero attached hydrogens (tertiary/aromatic N) is 2. The third kappa shape index (κ3) is 5.05. The molecule has 172 valence electrons. The number of thiophene rings is 1. The molecule has 2 aliphatic heterocycles. The molecule has 2 fully saturated rings. The molecule has 0 saturated carbocycles. The van der Waals surface area contributed by atoms with Gasteiger partial charge in [0.1, 0.15) is 0 Å². The molecule has 9 heteroatoms. The van der Waals surface area contributed by atoms with E-state index in [9.17, 15) is 18.0 Å². The van der Waals surface area contributed by atoms with Gasteiger partial charge in [-0.05, 0) is 67.3 Å². The molecule has 0 radical (unpaired) electrons. The van der Waals surface area contributed by atoms with Gasteiger partial charge in [0.2, 0.25) is 15.9 Å². The molecule has 2 saturated heterocycles. The number of sulfonamides is 1. The van der Waals surface area contributed by atoms with Crippen LogP contribution in [0, 0.1) is 11.8 Å². The van der Waals surface area contributed by atoms with Crippen molar-refractivity contribution >= 4 is 38.9 Å². The second-order valence-electron chi connectivity index (χ2n) is 8.67. The summed E-state index contributed by atoms with van der Waals surface area (Å²) in [6.45, 7) is 4.29. The van der Waals surface area contributed by atoms with Crippen molar-refractivity contribution in [1.29, 1.82) is 0 Å². The first-order chi connectivity index (χ1) is 15.3. The standard InChI is InChI=1S/C23H29N3O4S2/c1-17-4-2-12-26(16-17)32(29,30)20-8-6-19(7-9-20)24-22(27)18-10-13-25(14-11-18)23(28)21-5-3-15-31-21/h3,5-9,15,17-18H,2,4,10-14,16H2,1H3,(H,24,27). The predicted molar refractivity (Wildman–Crippen MR) is 125 cm³/mol. The van der Waals surface area contributed by atoms with Gasteiger partial charge in [0.15, 0.2) is 0 Å². The van der Waals surface area contributed by atoms with Crippen molar-refractivity contribution in [3.8, 4) is 0 Å². The normalized spacial score (nSPS) is 20.8. The van der Waals surface area contributed by atoms with E-state index in [1.807, 2.05) is 17.5 Å². The van der Waals surface area contributed by atoms with Crippen LogP contribution >= 0.6 is 11.3 Å². The monoisotopic (exact) mass is 475 g/mol. The lowest BCUT2D eigenvalue weighted by molar-refractivity contribution is -0.121. The molecule has 1 atom stereocenters. The lowest BCUT2D eigenvalue weighted by Crippen LogP contribution is -2.41. The van der Waals surface area contributed by atoms with E-state index in [4.69, 9.17) is 0 Å². The van der Waals surface area contributed by atoms with Crippen LogP contribution in [0.25, 0.3) is 0 Å². The molecule has 0 bridgehead atoms. The smallest absolute Gasteiger partial charge is 0.263 e. The molecule has 0 spiro atoms. The average Bonchev–Trinajstić information content (AvgIpc) is 3.34. The Morgan fingerprint density at radius 3 is 2.38 bits per heavy atom. The molecule has 1 aromatic heterocycles. The van der Waals surface area contributed by atoms with E-state index in [0.717, 1.165) is 17.7 Å². The maximum Gasteiger partial charge on any atom is 0.263 e. The van der Waals surface area contributed by atoms with Gasteiger partial charge in [0.05, 0.1) is 9.77 Å². The Balaban J connectivity index is 1.32. The highest BCUT2D eigenvalue weighted by Crippen LogP contribution is 2.26. The van der Waals surface area contributed by atoms with Gasteiger partial charge in [-0.3, -0.25) is 9.59 Å². The Morgan fingerprint density at radius 2 is 1.75 bits per heavy atom. The molecule has 7 nitrogen and oxygen atoms in total. The zero-order valence-corrected chi connectivity index (χ0v) is 19.8. The van der Waals surface area contributed by atoms with E-state index in [-0.39, 0.29) is 22.6 Å². The van der Waals surface area contributed by atoms with E-state index in [0.29, 0.717) is 50.6 Å². The summed E-state index contributed by atoms with van der Waals surface area (Å²) in [5, 5.41) is 4.79. The quantitative estimate of drug-likeness (QED) is 0.715. The minimum Gasteiger partial charge on any atom is -0.338 e. The molecule has 32 heavy (non-hydrogen) atoms. The van der Waals surface area contributed by atoms with Gasteiger partial charge in [-0.1, -0.05) is 13.0 Å². The number of nitrogens with one attached hydrogen (secondary N) is 1. The van der Waals surface area contributed by atoms with Crippen LogP contribution < -0.4 is 5.32 Å². The van der Waals surface area contributed by atoms with Gasteiger partial charge in [0, 0.05) is 37.8 Å². The SMILES string of the molecule is CC1CCCN(S(=O)(=O)c2ccc(NC(=O)C3CCN(C(=O)c4cccs4)CC3)cc2)C1. The van der Waals surface area contributed by atoms with E-state index in [2.05, 4.69) is 12.2 Å². The molecule has 4 rings (SSSR count). The number of likely N-dealkylation sites (tertiary alicyclic amines) is 1. The van der Waals surface area contributed by atoms with E-state index >= 15 is 0 Å². The molecule has 2 aliphatic rings. The Morgan fingerprint density at radius 1 is 1.03 bits per heavy atom. The first kappa shape index (κ1) is 22.9. The van der Waals surface area contributed by atoms with Crippen LogP contribution in [0.2, 0.25) is 0 Å². The highest BCUT2D eigenvalue weighted by atomic mass is 32.2. The lowest BCUT2D eigenvalue weighted by atomic mass is 9.95. The Kier molecular flexibility index (Phi) is 6.97. The molecule has 3 heterocycles.